The summed E-state index contributed by atoms with van der Waals surface area (Å²) in [5.41, 5.74) is -3.57. The summed E-state index contributed by atoms with van der Waals surface area (Å²) in [6, 6.07) is 3.67. The van der Waals surface area contributed by atoms with Crippen molar-refractivity contribution in [1.29, 1.82) is 0 Å². The van der Waals surface area contributed by atoms with E-state index in [2.05, 4.69) is 5.32 Å². The first-order valence-electron chi connectivity index (χ1n) is 14.4. The molecule has 1 rings (SSSR count). The summed E-state index contributed by atoms with van der Waals surface area (Å²) in [6.07, 6.45) is -2.69. The number of carboxylic acids is 1. The monoisotopic (exact) mass is 611 g/mol. The van der Waals surface area contributed by atoms with Crippen molar-refractivity contribution in [1.82, 2.24) is 5.32 Å². The molecule has 0 aliphatic heterocycles. The van der Waals surface area contributed by atoms with Crippen molar-refractivity contribution >= 4 is 24.4 Å². The molecule has 12 nitrogen and oxygen atoms in total. The fourth-order valence-electron chi connectivity index (χ4n) is 3.16. The second kappa shape index (κ2) is 15.3. The van der Waals surface area contributed by atoms with Crippen LogP contribution in [0.15, 0.2) is 18.2 Å². The van der Waals surface area contributed by atoms with Gasteiger partial charge >= 0.3 is 24.4 Å². The Morgan fingerprint density at radius 3 is 1.74 bits per heavy atom. The van der Waals surface area contributed by atoms with E-state index in [1.54, 1.807) is 20.8 Å². The SMILES string of the molecule is CCC(C)N[C@@](Cc1ccc(OC(=O)OCC(C)(C)C)c(OC(=O)OCC(C)(C)C)c1)(OC(=O)OC(C)(C)CC)C(=O)O. The molecule has 1 aromatic carbocycles. The number of carbonyl (C=O) groups is 4. The highest BCUT2D eigenvalue weighted by Crippen LogP contribution is 2.32. The van der Waals surface area contributed by atoms with E-state index in [-0.39, 0.29) is 47.1 Å². The summed E-state index contributed by atoms with van der Waals surface area (Å²) in [6.45, 7) is 20.1. The fraction of sp³-hybridized carbons (Fsp3) is 0.677. The van der Waals surface area contributed by atoms with E-state index in [4.69, 9.17) is 28.4 Å². The van der Waals surface area contributed by atoms with Crippen molar-refractivity contribution in [3.05, 3.63) is 23.8 Å². The molecular formula is C31H49NO11. The molecule has 0 aromatic heterocycles. The average Bonchev–Trinajstić information content (AvgIpc) is 2.86. The number of ether oxygens (including phenoxy) is 6. The average molecular weight is 612 g/mol. The molecule has 244 valence electrons. The highest BCUT2D eigenvalue weighted by molar-refractivity contribution is 5.80. The van der Waals surface area contributed by atoms with E-state index >= 15 is 0 Å². The Hall–Kier alpha value is -3.54. The summed E-state index contributed by atoms with van der Waals surface area (Å²) >= 11 is 0. The molecule has 0 spiro atoms. The molecular weight excluding hydrogens is 562 g/mol. The maximum atomic E-state index is 12.8. The van der Waals surface area contributed by atoms with Gasteiger partial charge in [-0.1, -0.05) is 61.5 Å². The van der Waals surface area contributed by atoms with E-state index in [0.29, 0.717) is 12.8 Å². The Balaban J connectivity index is 3.48. The van der Waals surface area contributed by atoms with Gasteiger partial charge in [-0.2, -0.15) is 0 Å². The zero-order valence-electron chi connectivity index (χ0n) is 27.4. The van der Waals surface area contributed by atoms with Gasteiger partial charge in [0.25, 0.3) is 5.72 Å². The zero-order valence-corrected chi connectivity index (χ0v) is 27.4. The Bertz CT molecular complexity index is 1120. The Morgan fingerprint density at radius 2 is 1.30 bits per heavy atom. The normalized spacial score (nSPS) is 14.1. The fourth-order valence-corrected chi connectivity index (χ4v) is 3.16. The van der Waals surface area contributed by atoms with Gasteiger partial charge in [0.2, 0.25) is 0 Å². The standard InChI is InChI=1S/C31H49NO11/c1-12-20(3)32-31(24(33)34,43-27(37)42-30(10,11)13-2)17-21-14-15-22(40-25(35)38-18-28(4,5)6)23(16-21)41-26(36)39-19-29(7,8)9/h14-16,20,32H,12-13,17-19H2,1-11H3,(H,33,34)/t20?,31-/m0/s1. The van der Waals surface area contributed by atoms with Gasteiger partial charge in [0.1, 0.15) is 5.60 Å². The zero-order chi connectivity index (χ0) is 33.2. The van der Waals surface area contributed by atoms with Gasteiger partial charge in [-0.25, -0.2) is 19.2 Å². The quantitative estimate of drug-likeness (QED) is 0.103. The first-order chi connectivity index (χ1) is 19.6. The number of hydrogen-bond donors (Lipinski definition) is 2. The lowest BCUT2D eigenvalue weighted by atomic mass is 9.99. The predicted molar refractivity (Wildman–Crippen MR) is 158 cm³/mol. The van der Waals surface area contributed by atoms with E-state index in [1.807, 2.05) is 55.4 Å². The molecule has 2 N–H and O–H groups in total. The summed E-state index contributed by atoms with van der Waals surface area (Å²) in [5.74, 6) is -1.88. The highest BCUT2D eigenvalue weighted by atomic mass is 16.8. The molecule has 1 unspecified atom stereocenters. The topological polar surface area (TPSA) is 156 Å². The lowest BCUT2D eigenvalue weighted by Crippen LogP contribution is -2.60. The van der Waals surface area contributed by atoms with Gasteiger partial charge in [0, 0.05) is 12.5 Å². The van der Waals surface area contributed by atoms with Gasteiger partial charge in [-0.05, 0) is 62.1 Å². The van der Waals surface area contributed by atoms with Crippen LogP contribution in [0.3, 0.4) is 0 Å². The molecule has 0 amide bonds. The van der Waals surface area contributed by atoms with E-state index in [0.717, 1.165) is 0 Å². The van der Waals surface area contributed by atoms with Crippen LogP contribution in [-0.4, -0.2) is 60.1 Å². The first-order valence-corrected chi connectivity index (χ1v) is 14.4. The van der Waals surface area contributed by atoms with Crippen LogP contribution >= 0.6 is 0 Å². The molecule has 0 radical (unpaired) electrons. The van der Waals surface area contributed by atoms with Crippen LogP contribution in [0.25, 0.3) is 0 Å². The number of benzene rings is 1. The minimum atomic E-state index is -2.26. The van der Waals surface area contributed by atoms with Crippen LogP contribution in [0.1, 0.15) is 94.6 Å². The molecule has 1 aromatic rings. The third-order valence-corrected chi connectivity index (χ3v) is 6.00. The third-order valence-electron chi connectivity index (χ3n) is 6.00. The minimum Gasteiger partial charge on any atom is -0.477 e. The van der Waals surface area contributed by atoms with Gasteiger partial charge in [0.05, 0.1) is 13.2 Å². The number of carboxylic acid groups (broad SMARTS) is 1. The Labute approximate surface area is 254 Å². The summed E-state index contributed by atoms with van der Waals surface area (Å²) in [5, 5.41) is 13.2. The number of carbonyl (C=O) groups excluding carboxylic acids is 3. The van der Waals surface area contributed by atoms with Gasteiger partial charge in [-0.3, -0.25) is 5.32 Å². The van der Waals surface area contributed by atoms with Gasteiger partial charge in [0.15, 0.2) is 11.5 Å². The summed E-state index contributed by atoms with van der Waals surface area (Å²) < 4.78 is 31.9. The number of nitrogens with one attached hydrogen (secondary N) is 1. The van der Waals surface area contributed by atoms with Crippen molar-refractivity contribution < 1.29 is 52.7 Å². The lowest BCUT2D eigenvalue weighted by molar-refractivity contribution is -0.169. The van der Waals surface area contributed by atoms with Crippen LogP contribution in [0.2, 0.25) is 0 Å². The molecule has 12 heteroatoms. The highest BCUT2D eigenvalue weighted by Gasteiger charge is 2.45. The second-order valence-corrected chi connectivity index (χ2v) is 13.5. The minimum absolute atomic E-state index is 0.0420. The molecule has 0 heterocycles. The molecule has 0 aliphatic carbocycles. The van der Waals surface area contributed by atoms with Crippen LogP contribution in [0, 0.1) is 10.8 Å². The van der Waals surface area contributed by atoms with Crippen LogP contribution in [0.4, 0.5) is 14.4 Å². The Kier molecular flexibility index (Phi) is 13.3. The van der Waals surface area contributed by atoms with Crippen LogP contribution in [0.5, 0.6) is 11.5 Å². The van der Waals surface area contributed by atoms with Crippen molar-refractivity contribution in [2.24, 2.45) is 10.8 Å². The van der Waals surface area contributed by atoms with Crippen LogP contribution in [-0.2, 0) is 30.2 Å². The molecule has 0 saturated carbocycles. The molecule has 0 fully saturated rings. The molecule has 0 bridgehead atoms. The van der Waals surface area contributed by atoms with Crippen LogP contribution < -0.4 is 14.8 Å². The molecule has 0 saturated heterocycles. The van der Waals surface area contributed by atoms with Crippen molar-refractivity contribution in [3.63, 3.8) is 0 Å². The van der Waals surface area contributed by atoms with Gasteiger partial charge in [-0.15, -0.1) is 0 Å². The third kappa shape index (κ3) is 14.0. The molecule has 2 atom stereocenters. The summed E-state index contributed by atoms with van der Waals surface area (Å²) in [4.78, 5) is 50.4. The van der Waals surface area contributed by atoms with Crippen molar-refractivity contribution in [3.8, 4) is 11.5 Å². The number of hydrogen-bond acceptors (Lipinski definition) is 11. The Morgan fingerprint density at radius 1 is 0.791 bits per heavy atom. The van der Waals surface area contributed by atoms with E-state index in [9.17, 15) is 24.3 Å². The largest absolute Gasteiger partial charge is 0.513 e. The van der Waals surface area contributed by atoms with Crippen molar-refractivity contribution in [2.75, 3.05) is 13.2 Å². The van der Waals surface area contributed by atoms with E-state index in [1.165, 1.54) is 18.2 Å². The molecule has 43 heavy (non-hydrogen) atoms. The van der Waals surface area contributed by atoms with E-state index < -0.39 is 42.2 Å². The smallest absolute Gasteiger partial charge is 0.477 e. The maximum Gasteiger partial charge on any atom is 0.513 e. The number of aliphatic carboxylic acids is 1. The number of rotatable bonds is 13. The maximum absolute atomic E-state index is 12.8. The predicted octanol–water partition coefficient (Wildman–Crippen LogP) is 6.86. The summed E-state index contributed by atoms with van der Waals surface area (Å²) in [7, 11) is 0. The van der Waals surface area contributed by atoms with Crippen molar-refractivity contribution in [2.45, 2.75) is 113 Å². The lowest BCUT2D eigenvalue weighted by Gasteiger charge is -2.34. The molecule has 0 aliphatic rings. The first kappa shape index (κ1) is 37.5. The van der Waals surface area contributed by atoms with Gasteiger partial charge < -0.3 is 33.5 Å². The second-order valence-electron chi connectivity index (χ2n) is 13.5.